The van der Waals surface area contributed by atoms with Gasteiger partial charge in [0.15, 0.2) is 0 Å². The molecule has 3 nitrogen and oxygen atoms in total. The number of hydrogen-bond acceptors (Lipinski definition) is 3. The third-order valence-electron chi connectivity index (χ3n) is 3.87. The first kappa shape index (κ1) is 15.3. The molecule has 0 spiro atoms. The van der Waals surface area contributed by atoms with E-state index in [1.54, 1.807) is 12.1 Å². The standard InChI is InChI=1S/C16H24FNO2/c1-12-2-8-16(9-3-12)20-11-15(19)10-18-14-6-4-13(17)5-7-14/h4-7,12,15-16,18-19H,2-3,8-11H2,1H3. The van der Waals surface area contributed by atoms with Crippen molar-refractivity contribution in [2.45, 2.75) is 44.8 Å². The Morgan fingerprint density at radius 2 is 1.90 bits per heavy atom. The van der Waals surface area contributed by atoms with Gasteiger partial charge in [0.05, 0.1) is 18.8 Å². The first-order valence-corrected chi connectivity index (χ1v) is 7.42. The average molecular weight is 281 g/mol. The molecule has 0 aromatic heterocycles. The second-order valence-corrected chi connectivity index (χ2v) is 5.76. The van der Waals surface area contributed by atoms with Gasteiger partial charge in [0.1, 0.15) is 5.82 Å². The molecular weight excluding hydrogens is 257 g/mol. The van der Waals surface area contributed by atoms with Crippen molar-refractivity contribution in [1.29, 1.82) is 0 Å². The van der Waals surface area contributed by atoms with Gasteiger partial charge in [0, 0.05) is 12.2 Å². The molecule has 1 fully saturated rings. The zero-order valence-electron chi connectivity index (χ0n) is 12.0. The van der Waals surface area contributed by atoms with Crippen LogP contribution in [0.3, 0.4) is 0 Å². The van der Waals surface area contributed by atoms with Crippen LogP contribution in [0.25, 0.3) is 0 Å². The fourth-order valence-electron chi connectivity index (χ4n) is 2.51. The van der Waals surface area contributed by atoms with Crippen molar-refractivity contribution in [2.24, 2.45) is 5.92 Å². The number of aliphatic hydroxyl groups excluding tert-OH is 1. The Balaban J connectivity index is 1.62. The predicted molar refractivity (Wildman–Crippen MR) is 78.3 cm³/mol. The number of ether oxygens (including phenoxy) is 1. The van der Waals surface area contributed by atoms with Crippen molar-refractivity contribution in [3.8, 4) is 0 Å². The Kier molecular flexibility index (Phi) is 5.80. The monoisotopic (exact) mass is 281 g/mol. The van der Waals surface area contributed by atoms with Crippen molar-refractivity contribution in [3.05, 3.63) is 30.1 Å². The quantitative estimate of drug-likeness (QED) is 0.841. The number of aliphatic hydroxyl groups is 1. The van der Waals surface area contributed by atoms with Crippen molar-refractivity contribution >= 4 is 5.69 Å². The molecule has 1 atom stereocenters. The van der Waals surface area contributed by atoms with Crippen LogP contribution >= 0.6 is 0 Å². The fraction of sp³-hybridized carbons (Fsp3) is 0.625. The van der Waals surface area contributed by atoms with Gasteiger partial charge in [-0.25, -0.2) is 4.39 Å². The van der Waals surface area contributed by atoms with Crippen LogP contribution in [0.2, 0.25) is 0 Å². The normalized spacial score (nSPS) is 24.4. The van der Waals surface area contributed by atoms with Gasteiger partial charge in [-0.3, -0.25) is 0 Å². The fourth-order valence-corrected chi connectivity index (χ4v) is 2.51. The summed E-state index contributed by atoms with van der Waals surface area (Å²) in [6.07, 6.45) is 4.38. The number of nitrogens with one attached hydrogen (secondary N) is 1. The van der Waals surface area contributed by atoms with E-state index in [0.29, 0.717) is 19.3 Å². The van der Waals surface area contributed by atoms with Gasteiger partial charge in [-0.2, -0.15) is 0 Å². The summed E-state index contributed by atoms with van der Waals surface area (Å²) in [4.78, 5) is 0. The maximum Gasteiger partial charge on any atom is 0.123 e. The summed E-state index contributed by atoms with van der Waals surface area (Å²) in [6, 6.07) is 6.11. The molecule has 0 heterocycles. The van der Waals surface area contributed by atoms with Gasteiger partial charge in [0.25, 0.3) is 0 Å². The van der Waals surface area contributed by atoms with E-state index in [1.165, 1.54) is 25.0 Å². The van der Waals surface area contributed by atoms with Crippen LogP contribution in [0.1, 0.15) is 32.6 Å². The number of benzene rings is 1. The van der Waals surface area contributed by atoms with Crippen LogP contribution in [0, 0.1) is 11.7 Å². The predicted octanol–water partition coefficient (Wildman–Crippen LogP) is 3.19. The lowest BCUT2D eigenvalue weighted by atomic mass is 9.89. The molecule has 0 bridgehead atoms. The van der Waals surface area contributed by atoms with Crippen LogP contribution in [0.15, 0.2) is 24.3 Å². The topological polar surface area (TPSA) is 41.5 Å². The van der Waals surface area contributed by atoms with E-state index in [0.717, 1.165) is 24.4 Å². The van der Waals surface area contributed by atoms with Crippen molar-refractivity contribution < 1.29 is 14.2 Å². The first-order valence-electron chi connectivity index (χ1n) is 7.42. The minimum absolute atomic E-state index is 0.258. The van der Waals surface area contributed by atoms with Gasteiger partial charge < -0.3 is 15.2 Å². The zero-order chi connectivity index (χ0) is 14.4. The highest BCUT2D eigenvalue weighted by Gasteiger charge is 2.19. The third kappa shape index (κ3) is 5.10. The van der Waals surface area contributed by atoms with Gasteiger partial charge in [-0.1, -0.05) is 6.92 Å². The first-order chi connectivity index (χ1) is 9.63. The van der Waals surface area contributed by atoms with Gasteiger partial charge in [-0.05, 0) is 55.9 Å². The van der Waals surface area contributed by atoms with Crippen molar-refractivity contribution in [3.63, 3.8) is 0 Å². The van der Waals surface area contributed by atoms with E-state index in [2.05, 4.69) is 12.2 Å². The molecule has 20 heavy (non-hydrogen) atoms. The lowest BCUT2D eigenvalue weighted by Crippen LogP contribution is -2.29. The Labute approximate surface area is 120 Å². The van der Waals surface area contributed by atoms with Crippen LogP contribution in [0.5, 0.6) is 0 Å². The molecule has 1 aromatic rings. The Morgan fingerprint density at radius 3 is 2.55 bits per heavy atom. The van der Waals surface area contributed by atoms with E-state index in [-0.39, 0.29) is 5.82 Å². The van der Waals surface area contributed by atoms with Crippen LogP contribution in [0.4, 0.5) is 10.1 Å². The van der Waals surface area contributed by atoms with Crippen LogP contribution in [-0.2, 0) is 4.74 Å². The minimum atomic E-state index is -0.542. The third-order valence-corrected chi connectivity index (χ3v) is 3.87. The summed E-state index contributed by atoms with van der Waals surface area (Å²) in [5.41, 5.74) is 0.803. The molecule has 2 rings (SSSR count). The summed E-state index contributed by atoms with van der Waals surface area (Å²) >= 11 is 0. The Hall–Kier alpha value is -1.13. The maximum absolute atomic E-state index is 12.7. The number of hydrogen-bond donors (Lipinski definition) is 2. The van der Waals surface area contributed by atoms with E-state index in [4.69, 9.17) is 4.74 Å². The molecule has 1 aromatic carbocycles. The number of anilines is 1. The lowest BCUT2D eigenvalue weighted by molar-refractivity contribution is -0.0245. The highest BCUT2D eigenvalue weighted by Crippen LogP contribution is 2.25. The number of halogens is 1. The molecule has 1 aliphatic carbocycles. The minimum Gasteiger partial charge on any atom is -0.389 e. The van der Waals surface area contributed by atoms with Crippen molar-refractivity contribution in [2.75, 3.05) is 18.5 Å². The van der Waals surface area contributed by atoms with Crippen molar-refractivity contribution in [1.82, 2.24) is 0 Å². The molecule has 4 heteroatoms. The smallest absolute Gasteiger partial charge is 0.123 e. The second kappa shape index (κ2) is 7.60. The molecule has 2 N–H and O–H groups in total. The molecule has 0 aliphatic heterocycles. The van der Waals surface area contributed by atoms with Gasteiger partial charge in [0.2, 0.25) is 0 Å². The molecule has 0 saturated heterocycles. The average Bonchev–Trinajstić information content (AvgIpc) is 2.46. The van der Waals surface area contributed by atoms with Gasteiger partial charge >= 0.3 is 0 Å². The van der Waals surface area contributed by atoms with E-state index >= 15 is 0 Å². The van der Waals surface area contributed by atoms with Gasteiger partial charge in [-0.15, -0.1) is 0 Å². The Morgan fingerprint density at radius 1 is 1.25 bits per heavy atom. The SMILES string of the molecule is CC1CCC(OCC(O)CNc2ccc(F)cc2)CC1. The number of rotatable bonds is 6. The zero-order valence-corrected chi connectivity index (χ0v) is 12.0. The summed E-state index contributed by atoms with van der Waals surface area (Å²) in [7, 11) is 0. The molecular formula is C16H24FNO2. The highest BCUT2D eigenvalue weighted by atomic mass is 19.1. The van der Waals surface area contributed by atoms with Crippen LogP contribution < -0.4 is 5.32 Å². The lowest BCUT2D eigenvalue weighted by Gasteiger charge is -2.27. The molecule has 112 valence electrons. The Bertz CT molecular complexity index is 388. The summed E-state index contributed by atoms with van der Waals surface area (Å²) < 4.78 is 18.5. The molecule has 1 unspecified atom stereocenters. The highest BCUT2D eigenvalue weighted by molar-refractivity contribution is 5.42. The molecule has 0 amide bonds. The molecule has 1 saturated carbocycles. The van der Waals surface area contributed by atoms with Crippen LogP contribution in [-0.4, -0.2) is 30.5 Å². The van der Waals surface area contributed by atoms with E-state index in [1.807, 2.05) is 0 Å². The molecule has 0 radical (unpaired) electrons. The second-order valence-electron chi connectivity index (χ2n) is 5.76. The summed E-state index contributed by atoms with van der Waals surface area (Å²) in [5.74, 6) is 0.547. The van der Waals surface area contributed by atoms with E-state index in [9.17, 15) is 9.50 Å². The van der Waals surface area contributed by atoms with E-state index < -0.39 is 6.10 Å². The summed E-state index contributed by atoms with van der Waals surface area (Å²) in [6.45, 7) is 3.04. The summed E-state index contributed by atoms with van der Waals surface area (Å²) in [5, 5.41) is 13.0. The largest absolute Gasteiger partial charge is 0.389 e. The molecule has 1 aliphatic rings. The maximum atomic E-state index is 12.7.